The summed E-state index contributed by atoms with van der Waals surface area (Å²) in [4.78, 5) is 11.6. The zero-order chi connectivity index (χ0) is 15.2. The summed E-state index contributed by atoms with van der Waals surface area (Å²) < 4.78 is 5.71. The molecule has 0 bridgehead atoms. The lowest BCUT2D eigenvalue weighted by atomic mass is 9.71. The minimum absolute atomic E-state index is 0.276. The Labute approximate surface area is 128 Å². The van der Waals surface area contributed by atoms with Crippen LogP contribution in [0.3, 0.4) is 0 Å². The molecule has 3 atom stereocenters. The van der Waals surface area contributed by atoms with Gasteiger partial charge in [0.15, 0.2) is 0 Å². The van der Waals surface area contributed by atoms with Crippen LogP contribution >= 0.6 is 0 Å². The van der Waals surface area contributed by atoms with Crippen LogP contribution in [0.15, 0.2) is 24.3 Å². The van der Waals surface area contributed by atoms with E-state index in [-0.39, 0.29) is 5.92 Å². The van der Waals surface area contributed by atoms with Crippen LogP contribution in [0.1, 0.15) is 64.4 Å². The van der Waals surface area contributed by atoms with Crippen molar-refractivity contribution < 1.29 is 9.53 Å². The fourth-order valence-electron chi connectivity index (χ4n) is 3.47. The molecular weight excluding hydrogens is 260 g/mol. The zero-order valence-corrected chi connectivity index (χ0v) is 13.6. The standard InChI is InChI=1S/C19H28O2/c1-4-5-12-21-18-9-6-16(7-10-18)17-8-11-19(15(3)20)14(2)13-17/h6-7,9-10,14,17,19H,4-5,8,11-13H2,1-3H3/t14-,17-,19-/m1/s1. The minimum Gasteiger partial charge on any atom is -0.494 e. The lowest BCUT2D eigenvalue weighted by Crippen LogP contribution is -2.26. The van der Waals surface area contributed by atoms with Gasteiger partial charge in [0.05, 0.1) is 6.61 Å². The fourth-order valence-corrected chi connectivity index (χ4v) is 3.47. The Kier molecular flexibility index (Phi) is 5.84. The van der Waals surface area contributed by atoms with Crippen molar-refractivity contribution in [3.8, 4) is 5.75 Å². The van der Waals surface area contributed by atoms with E-state index in [1.165, 1.54) is 5.56 Å². The molecule has 0 unspecified atom stereocenters. The fraction of sp³-hybridized carbons (Fsp3) is 0.632. The molecule has 1 aliphatic carbocycles. The summed E-state index contributed by atoms with van der Waals surface area (Å²) >= 11 is 0. The third-order valence-electron chi connectivity index (χ3n) is 4.81. The average Bonchev–Trinajstić information content (AvgIpc) is 2.48. The van der Waals surface area contributed by atoms with Crippen molar-refractivity contribution in [3.63, 3.8) is 0 Å². The molecule has 0 saturated heterocycles. The predicted molar refractivity (Wildman–Crippen MR) is 86.8 cm³/mol. The van der Waals surface area contributed by atoms with E-state index in [0.717, 1.165) is 44.5 Å². The van der Waals surface area contributed by atoms with Crippen molar-refractivity contribution >= 4 is 5.78 Å². The van der Waals surface area contributed by atoms with Gasteiger partial charge in [-0.3, -0.25) is 4.79 Å². The van der Waals surface area contributed by atoms with Gasteiger partial charge in [0.2, 0.25) is 0 Å². The second-order valence-electron chi connectivity index (χ2n) is 6.48. The van der Waals surface area contributed by atoms with Gasteiger partial charge >= 0.3 is 0 Å². The first-order valence-corrected chi connectivity index (χ1v) is 8.35. The van der Waals surface area contributed by atoms with Gasteiger partial charge in [-0.1, -0.05) is 32.4 Å². The van der Waals surface area contributed by atoms with E-state index < -0.39 is 0 Å². The Hall–Kier alpha value is -1.31. The quantitative estimate of drug-likeness (QED) is 0.690. The predicted octanol–water partition coefficient (Wildman–Crippen LogP) is 4.97. The Balaban J connectivity index is 1.92. The molecular formula is C19H28O2. The summed E-state index contributed by atoms with van der Waals surface area (Å²) in [6.45, 7) is 6.94. The number of Topliss-reactive ketones (excluding diaryl/α,β-unsaturated/α-hetero) is 1. The Morgan fingerprint density at radius 3 is 2.52 bits per heavy atom. The maximum Gasteiger partial charge on any atom is 0.133 e. The van der Waals surface area contributed by atoms with Crippen LogP contribution in [0.4, 0.5) is 0 Å². The number of benzene rings is 1. The SMILES string of the molecule is CCCCOc1ccc([C@@H]2CC[C@@H](C(C)=O)[C@H](C)C2)cc1. The maximum atomic E-state index is 11.6. The number of unbranched alkanes of at least 4 members (excludes halogenated alkanes) is 1. The molecule has 1 aromatic rings. The second-order valence-corrected chi connectivity index (χ2v) is 6.48. The summed E-state index contributed by atoms with van der Waals surface area (Å²) in [5.41, 5.74) is 1.40. The first-order valence-electron chi connectivity index (χ1n) is 8.35. The molecule has 1 aromatic carbocycles. The highest BCUT2D eigenvalue weighted by atomic mass is 16.5. The average molecular weight is 288 g/mol. The van der Waals surface area contributed by atoms with Crippen molar-refractivity contribution in [2.75, 3.05) is 6.61 Å². The van der Waals surface area contributed by atoms with Crippen LogP contribution in [-0.2, 0) is 4.79 Å². The van der Waals surface area contributed by atoms with Crippen molar-refractivity contribution in [2.45, 2.75) is 58.8 Å². The first kappa shape index (κ1) is 16.1. The van der Waals surface area contributed by atoms with E-state index in [1.54, 1.807) is 6.92 Å². The van der Waals surface area contributed by atoms with Crippen molar-refractivity contribution in [2.24, 2.45) is 11.8 Å². The Morgan fingerprint density at radius 2 is 1.95 bits per heavy atom. The van der Waals surface area contributed by atoms with Crippen LogP contribution < -0.4 is 4.74 Å². The third kappa shape index (κ3) is 4.33. The molecule has 116 valence electrons. The largest absolute Gasteiger partial charge is 0.494 e. The van der Waals surface area contributed by atoms with E-state index >= 15 is 0 Å². The molecule has 0 spiro atoms. The van der Waals surface area contributed by atoms with Crippen molar-refractivity contribution in [1.29, 1.82) is 0 Å². The van der Waals surface area contributed by atoms with Crippen molar-refractivity contribution in [1.82, 2.24) is 0 Å². The number of rotatable bonds is 6. The van der Waals surface area contributed by atoms with Gasteiger partial charge in [-0.25, -0.2) is 0 Å². The number of carbonyl (C=O) groups excluding carboxylic acids is 1. The van der Waals surface area contributed by atoms with Crippen molar-refractivity contribution in [3.05, 3.63) is 29.8 Å². The smallest absolute Gasteiger partial charge is 0.133 e. The highest BCUT2D eigenvalue weighted by molar-refractivity contribution is 5.78. The molecule has 21 heavy (non-hydrogen) atoms. The topological polar surface area (TPSA) is 26.3 Å². The molecule has 0 radical (unpaired) electrons. The molecule has 0 aliphatic heterocycles. The molecule has 2 nitrogen and oxygen atoms in total. The first-order chi connectivity index (χ1) is 10.1. The van der Waals surface area contributed by atoms with Gasteiger partial charge in [-0.05, 0) is 62.1 Å². The van der Waals surface area contributed by atoms with Crippen LogP contribution in [0, 0.1) is 11.8 Å². The van der Waals surface area contributed by atoms with E-state index in [9.17, 15) is 4.79 Å². The van der Waals surface area contributed by atoms with Gasteiger partial charge in [-0.2, -0.15) is 0 Å². The molecule has 1 aliphatic rings. The number of hydrogen-bond acceptors (Lipinski definition) is 2. The second kappa shape index (κ2) is 7.63. The highest BCUT2D eigenvalue weighted by Gasteiger charge is 2.30. The van der Waals surface area contributed by atoms with Crippen LogP contribution in [0.25, 0.3) is 0 Å². The number of carbonyl (C=O) groups is 1. The maximum absolute atomic E-state index is 11.6. The Morgan fingerprint density at radius 1 is 1.24 bits per heavy atom. The Bertz CT molecular complexity index is 449. The van der Waals surface area contributed by atoms with Gasteiger partial charge < -0.3 is 4.74 Å². The molecule has 1 saturated carbocycles. The summed E-state index contributed by atoms with van der Waals surface area (Å²) in [6.07, 6.45) is 5.56. The normalized spacial score (nSPS) is 25.6. The molecule has 0 N–H and O–H groups in total. The molecule has 1 fully saturated rings. The molecule has 0 amide bonds. The monoisotopic (exact) mass is 288 g/mol. The van der Waals surface area contributed by atoms with E-state index in [0.29, 0.717) is 17.6 Å². The third-order valence-corrected chi connectivity index (χ3v) is 4.81. The number of ketones is 1. The van der Waals surface area contributed by atoms with Crippen LogP contribution in [0.5, 0.6) is 5.75 Å². The van der Waals surface area contributed by atoms with Gasteiger partial charge in [0.1, 0.15) is 11.5 Å². The molecule has 0 aromatic heterocycles. The zero-order valence-electron chi connectivity index (χ0n) is 13.6. The number of ether oxygens (including phenoxy) is 1. The summed E-state index contributed by atoms with van der Waals surface area (Å²) in [5, 5.41) is 0. The van der Waals surface area contributed by atoms with Gasteiger partial charge in [0, 0.05) is 5.92 Å². The molecule has 2 rings (SSSR count). The highest BCUT2D eigenvalue weighted by Crippen LogP contribution is 2.40. The summed E-state index contributed by atoms with van der Waals surface area (Å²) in [5.74, 6) is 2.71. The minimum atomic E-state index is 0.276. The van der Waals surface area contributed by atoms with E-state index in [4.69, 9.17) is 4.74 Å². The van der Waals surface area contributed by atoms with Crippen LogP contribution in [0.2, 0.25) is 0 Å². The molecule has 2 heteroatoms. The summed E-state index contributed by atoms with van der Waals surface area (Å²) in [7, 11) is 0. The lowest BCUT2D eigenvalue weighted by Gasteiger charge is -2.33. The van der Waals surface area contributed by atoms with Gasteiger partial charge in [0.25, 0.3) is 0 Å². The molecule has 0 heterocycles. The van der Waals surface area contributed by atoms with Gasteiger partial charge in [-0.15, -0.1) is 0 Å². The number of hydrogen-bond donors (Lipinski definition) is 0. The van der Waals surface area contributed by atoms with E-state index in [1.807, 2.05) is 0 Å². The lowest BCUT2D eigenvalue weighted by molar-refractivity contribution is -0.123. The van der Waals surface area contributed by atoms with Crippen LogP contribution in [-0.4, -0.2) is 12.4 Å². The summed E-state index contributed by atoms with van der Waals surface area (Å²) in [6, 6.07) is 8.58. The van der Waals surface area contributed by atoms with E-state index in [2.05, 4.69) is 38.1 Å².